The average molecular weight is 384 g/mol. The van der Waals surface area contributed by atoms with E-state index in [0.29, 0.717) is 18.8 Å². The second-order valence-corrected chi connectivity index (χ2v) is 8.10. The highest BCUT2D eigenvalue weighted by Gasteiger charge is 2.15. The van der Waals surface area contributed by atoms with E-state index in [1.54, 1.807) is 6.07 Å². The van der Waals surface area contributed by atoms with Crippen molar-refractivity contribution in [2.24, 2.45) is 0 Å². The van der Waals surface area contributed by atoms with Crippen molar-refractivity contribution in [1.29, 1.82) is 0 Å². The molecular formula is C24H33NO3. The maximum Gasteiger partial charge on any atom is 0.251 e. The Labute approximate surface area is 169 Å². The summed E-state index contributed by atoms with van der Waals surface area (Å²) in [4.78, 5) is 12.4. The lowest BCUT2D eigenvalue weighted by Crippen LogP contribution is -2.32. The van der Waals surface area contributed by atoms with Crippen LogP contribution in [0.5, 0.6) is 11.5 Å². The minimum atomic E-state index is -0.0758. The largest absolute Gasteiger partial charge is 0.493 e. The van der Waals surface area contributed by atoms with Gasteiger partial charge in [0.1, 0.15) is 18.1 Å². The van der Waals surface area contributed by atoms with Crippen LogP contribution in [0.2, 0.25) is 0 Å². The number of hydrogen-bond donors (Lipinski definition) is 1. The van der Waals surface area contributed by atoms with Gasteiger partial charge in [-0.2, -0.15) is 0 Å². The van der Waals surface area contributed by atoms with Gasteiger partial charge in [0.2, 0.25) is 0 Å². The molecular weight excluding hydrogens is 350 g/mol. The standard InChI is InChI=1S/C24H33NO3/c1-7-17(3)25-23(26)18-9-14-22(27-8-2)19(15-18)16-28-21-12-10-20(11-13-21)24(4,5)6/h9-15,17H,7-8,16H2,1-6H3,(H,25,26). The molecule has 4 nitrogen and oxygen atoms in total. The van der Waals surface area contributed by atoms with E-state index >= 15 is 0 Å². The quantitative estimate of drug-likeness (QED) is 0.656. The van der Waals surface area contributed by atoms with E-state index in [9.17, 15) is 4.79 Å². The minimum Gasteiger partial charge on any atom is -0.493 e. The number of carbonyl (C=O) groups is 1. The Morgan fingerprint density at radius 1 is 1.04 bits per heavy atom. The third-order valence-electron chi connectivity index (χ3n) is 4.73. The molecule has 1 amide bonds. The third-order valence-corrected chi connectivity index (χ3v) is 4.73. The molecule has 1 atom stereocenters. The van der Waals surface area contributed by atoms with Crippen LogP contribution in [-0.4, -0.2) is 18.6 Å². The van der Waals surface area contributed by atoms with Gasteiger partial charge in [-0.05, 0) is 61.6 Å². The number of benzene rings is 2. The van der Waals surface area contributed by atoms with Crippen molar-refractivity contribution in [2.75, 3.05) is 6.61 Å². The summed E-state index contributed by atoms with van der Waals surface area (Å²) in [6.07, 6.45) is 0.892. The van der Waals surface area contributed by atoms with E-state index in [0.717, 1.165) is 23.5 Å². The van der Waals surface area contributed by atoms with E-state index in [1.807, 2.05) is 45.0 Å². The molecule has 0 heterocycles. The predicted octanol–water partition coefficient (Wildman–Crippen LogP) is 5.49. The fraction of sp³-hybridized carbons (Fsp3) is 0.458. The number of nitrogens with one attached hydrogen (secondary N) is 1. The Balaban J connectivity index is 2.15. The summed E-state index contributed by atoms with van der Waals surface area (Å²) >= 11 is 0. The van der Waals surface area contributed by atoms with Crippen LogP contribution < -0.4 is 14.8 Å². The van der Waals surface area contributed by atoms with E-state index in [-0.39, 0.29) is 17.4 Å². The van der Waals surface area contributed by atoms with Gasteiger partial charge < -0.3 is 14.8 Å². The summed E-state index contributed by atoms with van der Waals surface area (Å²) in [5, 5.41) is 3.00. The molecule has 0 aliphatic heterocycles. The summed E-state index contributed by atoms with van der Waals surface area (Å²) in [6, 6.07) is 13.8. The van der Waals surface area contributed by atoms with E-state index in [2.05, 4.69) is 38.2 Å². The Morgan fingerprint density at radius 3 is 2.29 bits per heavy atom. The lowest BCUT2D eigenvalue weighted by Gasteiger charge is -2.19. The first-order valence-corrected chi connectivity index (χ1v) is 10.0. The van der Waals surface area contributed by atoms with Crippen molar-refractivity contribution < 1.29 is 14.3 Å². The van der Waals surface area contributed by atoms with Gasteiger partial charge in [0.25, 0.3) is 5.91 Å². The van der Waals surface area contributed by atoms with Crippen LogP contribution in [0.1, 0.15) is 69.4 Å². The number of ether oxygens (including phenoxy) is 2. The molecule has 0 fully saturated rings. The van der Waals surface area contributed by atoms with Gasteiger partial charge in [-0.3, -0.25) is 4.79 Å². The summed E-state index contributed by atoms with van der Waals surface area (Å²) in [6.45, 7) is 13.5. The van der Waals surface area contributed by atoms with Gasteiger partial charge in [-0.15, -0.1) is 0 Å². The molecule has 0 aliphatic rings. The maximum atomic E-state index is 12.4. The van der Waals surface area contributed by atoms with Gasteiger partial charge in [-0.1, -0.05) is 39.8 Å². The molecule has 0 radical (unpaired) electrons. The summed E-state index contributed by atoms with van der Waals surface area (Å²) in [7, 11) is 0. The van der Waals surface area contributed by atoms with Crippen molar-refractivity contribution in [3.8, 4) is 11.5 Å². The number of amides is 1. The van der Waals surface area contributed by atoms with Crippen molar-refractivity contribution in [3.05, 3.63) is 59.2 Å². The van der Waals surface area contributed by atoms with Gasteiger partial charge in [0.15, 0.2) is 0 Å². The summed E-state index contributed by atoms with van der Waals surface area (Å²) < 4.78 is 11.7. The fourth-order valence-electron chi connectivity index (χ4n) is 2.75. The Kier molecular flexibility index (Phi) is 7.50. The van der Waals surface area contributed by atoms with Crippen LogP contribution in [-0.2, 0) is 12.0 Å². The van der Waals surface area contributed by atoms with Gasteiger partial charge in [0.05, 0.1) is 6.61 Å². The first-order chi connectivity index (χ1) is 13.2. The Morgan fingerprint density at radius 2 is 1.71 bits per heavy atom. The Hall–Kier alpha value is -2.49. The summed E-state index contributed by atoms with van der Waals surface area (Å²) in [5.74, 6) is 1.46. The first kappa shape index (κ1) is 21.8. The molecule has 0 aromatic heterocycles. The second kappa shape index (κ2) is 9.63. The number of rotatable bonds is 8. The van der Waals surface area contributed by atoms with Crippen LogP contribution in [0.4, 0.5) is 0 Å². The molecule has 2 rings (SSSR count). The van der Waals surface area contributed by atoms with Crippen LogP contribution in [0.15, 0.2) is 42.5 Å². The van der Waals surface area contributed by atoms with Gasteiger partial charge >= 0.3 is 0 Å². The van der Waals surface area contributed by atoms with Gasteiger partial charge in [0, 0.05) is 17.2 Å². The topological polar surface area (TPSA) is 47.6 Å². The molecule has 0 aliphatic carbocycles. The third kappa shape index (κ3) is 6.01. The second-order valence-electron chi connectivity index (χ2n) is 8.10. The van der Waals surface area contributed by atoms with Crippen LogP contribution in [0.3, 0.4) is 0 Å². The minimum absolute atomic E-state index is 0.0758. The SMILES string of the molecule is CCOc1ccc(C(=O)NC(C)CC)cc1COc1ccc(C(C)(C)C)cc1. The molecule has 4 heteroatoms. The maximum absolute atomic E-state index is 12.4. The average Bonchev–Trinajstić information content (AvgIpc) is 2.66. The zero-order chi connectivity index (χ0) is 20.7. The van der Waals surface area contributed by atoms with E-state index in [1.165, 1.54) is 5.56 Å². The lowest BCUT2D eigenvalue weighted by atomic mass is 9.87. The van der Waals surface area contributed by atoms with Crippen molar-refractivity contribution >= 4 is 5.91 Å². The van der Waals surface area contributed by atoms with Crippen molar-refractivity contribution in [2.45, 2.75) is 66.0 Å². The fourth-order valence-corrected chi connectivity index (χ4v) is 2.75. The molecule has 2 aromatic carbocycles. The predicted molar refractivity (Wildman–Crippen MR) is 114 cm³/mol. The highest BCUT2D eigenvalue weighted by atomic mass is 16.5. The molecule has 0 saturated carbocycles. The Bertz CT molecular complexity index is 775. The van der Waals surface area contributed by atoms with Crippen LogP contribution in [0, 0.1) is 0 Å². The van der Waals surface area contributed by atoms with Gasteiger partial charge in [-0.25, -0.2) is 0 Å². The molecule has 0 bridgehead atoms. The normalized spacial score (nSPS) is 12.4. The highest BCUT2D eigenvalue weighted by Crippen LogP contribution is 2.26. The van der Waals surface area contributed by atoms with Crippen LogP contribution >= 0.6 is 0 Å². The molecule has 1 N–H and O–H groups in total. The number of hydrogen-bond acceptors (Lipinski definition) is 3. The molecule has 28 heavy (non-hydrogen) atoms. The smallest absolute Gasteiger partial charge is 0.251 e. The lowest BCUT2D eigenvalue weighted by molar-refractivity contribution is 0.0939. The molecule has 1 unspecified atom stereocenters. The number of carbonyl (C=O) groups excluding carboxylic acids is 1. The van der Waals surface area contributed by atoms with Crippen molar-refractivity contribution in [1.82, 2.24) is 5.32 Å². The highest BCUT2D eigenvalue weighted by molar-refractivity contribution is 5.94. The zero-order valence-corrected chi connectivity index (χ0v) is 18.0. The first-order valence-electron chi connectivity index (χ1n) is 10.0. The van der Waals surface area contributed by atoms with Crippen LogP contribution in [0.25, 0.3) is 0 Å². The van der Waals surface area contributed by atoms with E-state index in [4.69, 9.17) is 9.47 Å². The molecule has 0 saturated heterocycles. The molecule has 152 valence electrons. The molecule has 2 aromatic rings. The zero-order valence-electron chi connectivity index (χ0n) is 18.0. The summed E-state index contributed by atoms with van der Waals surface area (Å²) in [5.41, 5.74) is 2.85. The molecule has 0 spiro atoms. The monoisotopic (exact) mass is 383 g/mol. The van der Waals surface area contributed by atoms with Crippen molar-refractivity contribution in [3.63, 3.8) is 0 Å². The van der Waals surface area contributed by atoms with E-state index < -0.39 is 0 Å².